The third kappa shape index (κ3) is 2.21. The summed E-state index contributed by atoms with van der Waals surface area (Å²) in [5.41, 5.74) is 2.07. The first-order valence-electron chi connectivity index (χ1n) is 6.60. The van der Waals surface area contributed by atoms with E-state index in [1.807, 2.05) is 24.4 Å². The van der Waals surface area contributed by atoms with Crippen LogP contribution in [0.25, 0.3) is 10.9 Å². The molecule has 0 aliphatic carbocycles. The van der Waals surface area contributed by atoms with Crippen molar-refractivity contribution in [1.82, 2.24) is 4.98 Å². The maximum Gasteiger partial charge on any atom is 0.218 e. The molecule has 0 fully saturated rings. The number of para-hydroxylation sites is 1. The number of pyridine rings is 1. The van der Waals surface area contributed by atoms with Crippen molar-refractivity contribution in [3.05, 3.63) is 42.1 Å². The van der Waals surface area contributed by atoms with Crippen LogP contribution in [-0.4, -0.2) is 23.5 Å². The van der Waals surface area contributed by atoms with E-state index in [1.54, 1.807) is 0 Å². The van der Waals surface area contributed by atoms with Crippen LogP contribution in [0.4, 0.5) is 0 Å². The van der Waals surface area contributed by atoms with E-state index in [0.29, 0.717) is 6.61 Å². The van der Waals surface area contributed by atoms with Gasteiger partial charge in [-0.2, -0.15) is 0 Å². The molecule has 2 heterocycles. The third-order valence-electron chi connectivity index (χ3n) is 3.51. The molecule has 98 valence electrons. The molecule has 0 bridgehead atoms. The van der Waals surface area contributed by atoms with E-state index in [9.17, 15) is 0 Å². The molecule has 0 amide bonds. The van der Waals surface area contributed by atoms with Crippen molar-refractivity contribution in [3.8, 4) is 0 Å². The zero-order valence-electron chi connectivity index (χ0n) is 11.6. The molecule has 0 spiro atoms. The monoisotopic (exact) mass is 254 g/mol. The largest absolute Gasteiger partial charge is 0.475 e. The fourth-order valence-corrected chi connectivity index (χ4v) is 2.24. The van der Waals surface area contributed by atoms with E-state index in [2.05, 4.69) is 37.9 Å². The molecule has 3 nitrogen and oxygen atoms in total. The van der Waals surface area contributed by atoms with Gasteiger partial charge in [-0.15, -0.1) is 0 Å². The van der Waals surface area contributed by atoms with E-state index < -0.39 is 0 Å². The van der Waals surface area contributed by atoms with Crippen molar-refractivity contribution in [2.45, 2.75) is 26.8 Å². The lowest BCUT2D eigenvalue weighted by molar-refractivity contribution is 0.236. The lowest BCUT2D eigenvalue weighted by Gasteiger charge is -2.21. The summed E-state index contributed by atoms with van der Waals surface area (Å²) < 4.78 is 5.80. The van der Waals surface area contributed by atoms with Crippen LogP contribution < -0.4 is 0 Å². The van der Waals surface area contributed by atoms with Crippen molar-refractivity contribution >= 4 is 16.8 Å². The van der Waals surface area contributed by atoms with Crippen LogP contribution in [-0.2, 0) is 4.74 Å². The molecule has 2 aromatic rings. The first-order chi connectivity index (χ1) is 9.05. The second kappa shape index (κ2) is 4.34. The van der Waals surface area contributed by atoms with Gasteiger partial charge in [0.05, 0.1) is 17.1 Å². The van der Waals surface area contributed by atoms with Gasteiger partial charge in [0.1, 0.15) is 6.61 Å². The summed E-state index contributed by atoms with van der Waals surface area (Å²) >= 11 is 0. The van der Waals surface area contributed by atoms with Crippen LogP contribution in [0.3, 0.4) is 0 Å². The van der Waals surface area contributed by atoms with Gasteiger partial charge in [0.15, 0.2) is 0 Å². The van der Waals surface area contributed by atoms with Gasteiger partial charge >= 0.3 is 0 Å². The SMILES string of the molecule is CC(C)(C)C1COC(c2cccc3cccnc23)=N1. The summed E-state index contributed by atoms with van der Waals surface area (Å²) in [6.07, 6.45) is 1.81. The topological polar surface area (TPSA) is 34.5 Å². The van der Waals surface area contributed by atoms with E-state index in [-0.39, 0.29) is 11.5 Å². The van der Waals surface area contributed by atoms with Gasteiger partial charge in [-0.1, -0.05) is 39.0 Å². The molecule has 1 aliphatic rings. The quantitative estimate of drug-likeness (QED) is 0.781. The summed E-state index contributed by atoms with van der Waals surface area (Å²) in [5.74, 6) is 0.726. The lowest BCUT2D eigenvalue weighted by atomic mass is 9.88. The number of aliphatic imine (C=N–C) groups is 1. The maximum atomic E-state index is 5.80. The van der Waals surface area contributed by atoms with E-state index in [0.717, 1.165) is 22.4 Å². The highest BCUT2D eigenvalue weighted by Gasteiger charge is 2.31. The average Bonchev–Trinajstić information content (AvgIpc) is 2.87. The number of benzene rings is 1. The van der Waals surface area contributed by atoms with Crippen molar-refractivity contribution in [3.63, 3.8) is 0 Å². The Morgan fingerprint density at radius 2 is 1.95 bits per heavy atom. The van der Waals surface area contributed by atoms with Crippen LogP contribution in [0.5, 0.6) is 0 Å². The minimum atomic E-state index is 0.125. The first-order valence-corrected chi connectivity index (χ1v) is 6.60. The molecule has 19 heavy (non-hydrogen) atoms. The lowest BCUT2D eigenvalue weighted by Crippen LogP contribution is -2.25. The average molecular weight is 254 g/mol. The number of hydrogen-bond acceptors (Lipinski definition) is 3. The number of rotatable bonds is 1. The minimum absolute atomic E-state index is 0.125. The molecule has 1 atom stereocenters. The molecule has 0 saturated heterocycles. The van der Waals surface area contributed by atoms with Crippen LogP contribution in [0.1, 0.15) is 26.3 Å². The second-order valence-corrected chi connectivity index (χ2v) is 6.01. The Morgan fingerprint density at radius 1 is 1.16 bits per heavy atom. The van der Waals surface area contributed by atoms with E-state index >= 15 is 0 Å². The van der Waals surface area contributed by atoms with Crippen molar-refractivity contribution in [2.24, 2.45) is 10.4 Å². The summed E-state index contributed by atoms with van der Waals surface area (Å²) in [4.78, 5) is 9.19. The predicted molar refractivity (Wildman–Crippen MR) is 77.5 cm³/mol. The van der Waals surface area contributed by atoms with Crippen LogP contribution in [0.2, 0.25) is 0 Å². The predicted octanol–water partition coefficient (Wildman–Crippen LogP) is 3.43. The Balaban J connectivity index is 2.07. The molecule has 1 aromatic carbocycles. The fourth-order valence-electron chi connectivity index (χ4n) is 2.24. The van der Waals surface area contributed by atoms with E-state index in [1.165, 1.54) is 0 Å². The smallest absolute Gasteiger partial charge is 0.218 e. The van der Waals surface area contributed by atoms with Gasteiger partial charge < -0.3 is 4.74 Å². The second-order valence-electron chi connectivity index (χ2n) is 6.01. The molecule has 0 N–H and O–H groups in total. The summed E-state index contributed by atoms with van der Waals surface area (Å²) in [6.45, 7) is 7.22. The molecule has 0 saturated carbocycles. The normalized spacial score (nSPS) is 19.3. The van der Waals surface area contributed by atoms with Crippen molar-refractivity contribution < 1.29 is 4.74 Å². The Labute approximate surface area is 113 Å². The number of ether oxygens (including phenoxy) is 1. The van der Waals surface area contributed by atoms with Crippen molar-refractivity contribution in [1.29, 1.82) is 0 Å². The highest BCUT2D eigenvalue weighted by Crippen LogP contribution is 2.28. The van der Waals surface area contributed by atoms with Crippen LogP contribution in [0, 0.1) is 5.41 Å². The molecular weight excluding hydrogens is 236 g/mol. The first kappa shape index (κ1) is 12.2. The van der Waals surface area contributed by atoms with Gasteiger partial charge in [0.2, 0.25) is 5.90 Å². The Hall–Kier alpha value is -1.90. The number of aromatic nitrogens is 1. The molecular formula is C16H18N2O. The molecule has 1 unspecified atom stereocenters. The zero-order valence-corrected chi connectivity index (χ0v) is 11.6. The van der Waals surface area contributed by atoms with Gasteiger partial charge in [-0.05, 0) is 17.5 Å². The Bertz CT molecular complexity index is 635. The van der Waals surface area contributed by atoms with Crippen LogP contribution >= 0.6 is 0 Å². The standard InChI is InChI=1S/C16H18N2O/c1-16(2,3)13-10-19-15(18-13)12-8-4-6-11-7-5-9-17-14(11)12/h4-9,13H,10H2,1-3H3. The van der Waals surface area contributed by atoms with Crippen LogP contribution in [0.15, 0.2) is 41.5 Å². The van der Waals surface area contributed by atoms with Crippen molar-refractivity contribution in [2.75, 3.05) is 6.61 Å². The van der Waals surface area contributed by atoms with Gasteiger partial charge in [0, 0.05) is 11.6 Å². The number of fused-ring (bicyclic) bond motifs is 1. The van der Waals surface area contributed by atoms with Gasteiger partial charge in [-0.3, -0.25) is 4.98 Å². The molecule has 3 rings (SSSR count). The summed E-state index contributed by atoms with van der Waals surface area (Å²) in [7, 11) is 0. The Morgan fingerprint density at radius 3 is 2.68 bits per heavy atom. The Kier molecular flexibility index (Phi) is 2.77. The number of hydrogen-bond donors (Lipinski definition) is 0. The molecule has 0 radical (unpaired) electrons. The third-order valence-corrected chi connectivity index (χ3v) is 3.51. The van der Waals surface area contributed by atoms with E-state index in [4.69, 9.17) is 9.73 Å². The van der Waals surface area contributed by atoms with Gasteiger partial charge in [-0.25, -0.2) is 4.99 Å². The fraction of sp³-hybridized carbons (Fsp3) is 0.375. The zero-order chi connectivity index (χ0) is 13.5. The highest BCUT2D eigenvalue weighted by molar-refractivity contribution is 6.05. The molecule has 3 heteroatoms. The summed E-state index contributed by atoms with van der Waals surface area (Å²) in [5, 5.41) is 1.12. The maximum absolute atomic E-state index is 5.80. The number of nitrogens with zero attached hydrogens (tertiary/aromatic N) is 2. The molecule has 1 aromatic heterocycles. The molecule has 1 aliphatic heterocycles. The minimum Gasteiger partial charge on any atom is -0.475 e. The highest BCUT2D eigenvalue weighted by atomic mass is 16.5. The summed E-state index contributed by atoms with van der Waals surface area (Å²) in [6, 6.07) is 10.3. The van der Waals surface area contributed by atoms with Gasteiger partial charge in [0.25, 0.3) is 0 Å².